The number of nitrogens with zero attached hydrogens (tertiary/aromatic N) is 2. The van der Waals surface area contributed by atoms with Gasteiger partial charge in [-0.25, -0.2) is 0 Å². The molecule has 6 rings (SSSR count). The summed E-state index contributed by atoms with van der Waals surface area (Å²) in [5.74, 6) is 2.62. The summed E-state index contributed by atoms with van der Waals surface area (Å²) in [4.78, 5) is 29.7. The maximum absolute atomic E-state index is 13.0. The van der Waals surface area contributed by atoms with Crippen LogP contribution in [0.3, 0.4) is 0 Å². The minimum atomic E-state index is -0.162. The van der Waals surface area contributed by atoms with Crippen LogP contribution in [0.2, 0.25) is 0 Å². The molecule has 2 fully saturated rings. The highest BCUT2D eigenvalue weighted by Crippen LogP contribution is 2.50. The van der Waals surface area contributed by atoms with E-state index >= 15 is 0 Å². The van der Waals surface area contributed by atoms with Gasteiger partial charge in [-0.05, 0) is 42.2 Å². The summed E-state index contributed by atoms with van der Waals surface area (Å²) >= 11 is 0. The Hall–Kier alpha value is -3.68. The molecule has 3 aliphatic rings. The molecule has 3 aromatic rings. The number of amides is 2. The van der Waals surface area contributed by atoms with Crippen LogP contribution in [0.4, 0.5) is 0 Å². The van der Waals surface area contributed by atoms with Gasteiger partial charge < -0.3 is 28.4 Å². The third kappa shape index (κ3) is 3.46. The lowest BCUT2D eigenvalue weighted by Crippen LogP contribution is -2.51. The monoisotopic (exact) mass is 448 g/mol. The van der Waals surface area contributed by atoms with Crippen LogP contribution in [0.1, 0.15) is 28.5 Å². The normalized spacial score (nSPS) is 21.4. The van der Waals surface area contributed by atoms with Gasteiger partial charge in [0, 0.05) is 37.5 Å². The molecular weight excluding hydrogens is 424 g/mol. The van der Waals surface area contributed by atoms with Gasteiger partial charge in [-0.15, -0.1) is 0 Å². The molecule has 0 spiro atoms. The molecule has 2 unspecified atom stereocenters. The van der Waals surface area contributed by atoms with Crippen molar-refractivity contribution in [2.75, 3.05) is 40.1 Å². The van der Waals surface area contributed by atoms with Crippen molar-refractivity contribution < 1.29 is 28.2 Å². The second kappa shape index (κ2) is 7.72. The summed E-state index contributed by atoms with van der Waals surface area (Å²) < 4.78 is 22.0. The second-order valence-electron chi connectivity index (χ2n) is 8.67. The number of carbonyl (C=O) groups excluding carboxylic acids is 2. The maximum atomic E-state index is 13.0. The minimum Gasteiger partial charge on any atom is -0.493 e. The Morgan fingerprint density at radius 2 is 1.76 bits per heavy atom. The first-order chi connectivity index (χ1) is 16.1. The van der Waals surface area contributed by atoms with Crippen molar-refractivity contribution in [3.05, 3.63) is 53.8 Å². The maximum Gasteiger partial charge on any atom is 0.289 e. The van der Waals surface area contributed by atoms with Crippen LogP contribution < -0.4 is 14.2 Å². The Labute approximate surface area is 190 Å². The number of methoxy groups -OCH3 is 1. The van der Waals surface area contributed by atoms with Crippen LogP contribution >= 0.6 is 0 Å². The van der Waals surface area contributed by atoms with E-state index in [2.05, 4.69) is 0 Å². The largest absolute Gasteiger partial charge is 0.493 e. The van der Waals surface area contributed by atoms with E-state index in [1.165, 1.54) is 0 Å². The third-order valence-electron chi connectivity index (χ3n) is 6.75. The number of hydrogen-bond donors (Lipinski definition) is 0. The molecule has 3 heterocycles. The van der Waals surface area contributed by atoms with E-state index in [1.54, 1.807) is 24.1 Å². The topological polar surface area (TPSA) is 81.5 Å². The second-order valence-corrected chi connectivity index (χ2v) is 8.67. The molecule has 0 radical (unpaired) electrons. The first kappa shape index (κ1) is 20.0. The van der Waals surface area contributed by atoms with E-state index in [0.29, 0.717) is 43.3 Å². The van der Waals surface area contributed by atoms with Gasteiger partial charge in [-0.2, -0.15) is 0 Å². The molecule has 0 bridgehead atoms. The van der Waals surface area contributed by atoms with E-state index in [4.69, 9.17) is 18.6 Å². The predicted molar refractivity (Wildman–Crippen MR) is 119 cm³/mol. The number of carbonyl (C=O) groups is 2. The van der Waals surface area contributed by atoms with Crippen LogP contribution in [0.5, 0.6) is 17.2 Å². The molecule has 170 valence electrons. The highest BCUT2D eigenvalue weighted by Gasteiger charge is 2.46. The average molecular weight is 448 g/mol. The Balaban J connectivity index is 1.08. The minimum absolute atomic E-state index is 0.00420. The van der Waals surface area contributed by atoms with Crippen molar-refractivity contribution in [1.82, 2.24) is 9.80 Å². The summed E-state index contributed by atoms with van der Waals surface area (Å²) in [6.45, 7) is 2.27. The smallest absolute Gasteiger partial charge is 0.289 e. The molecule has 2 amide bonds. The Morgan fingerprint density at radius 1 is 0.970 bits per heavy atom. The highest BCUT2D eigenvalue weighted by molar-refractivity contribution is 5.97. The molecule has 1 aromatic heterocycles. The number of para-hydroxylation sites is 1. The fraction of sp³-hybridized carbons (Fsp3) is 0.360. The third-order valence-corrected chi connectivity index (χ3v) is 6.75. The van der Waals surface area contributed by atoms with E-state index < -0.39 is 0 Å². The molecule has 0 N–H and O–H groups in total. The first-order valence-electron chi connectivity index (χ1n) is 11.2. The van der Waals surface area contributed by atoms with Crippen LogP contribution in [0, 0.1) is 5.92 Å². The molecule has 2 atom stereocenters. The number of hydrogen-bond acceptors (Lipinski definition) is 6. The number of benzene rings is 2. The first-order valence-corrected chi connectivity index (χ1v) is 11.2. The Morgan fingerprint density at radius 3 is 2.58 bits per heavy atom. The zero-order valence-corrected chi connectivity index (χ0v) is 18.3. The number of rotatable bonds is 4. The van der Waals surface area contributed by atoms with Gasteiger partial charge in [0.15, 0.2) is 28.6 Å². The van der Waals surface area contributed by atoms with Gasteiger partial charge in [-0.1, -0.05) is 18.2 Å². The SMILES string of the molecule is COc1cccc2cc(C(=O)N3CCN(C(=O)C4CC4c4ccc5c(c4)OCO5)CC3)oc12. The molecule has 2 aromatic carbocycles. The zero-order chi connectivity index (χ0) is 22.5. The van der Waals surface area contributed by atoms with E-state index in [0.717, 1.165) is 28.9 Å². The van der Waals surface area contributed by atoms with Crippen molar-refractivity contribution in [1.29, 1.82) is 0 Å². The van der Waals surface area contributed by atoms with Crippen molar-refractivity contribution in [2.45, 2.75) is 12.3 Å². The summed E-state index contributed by atoms with van der Waals surface area (Å²) in [6, 6.07) is 13.2. The van der Waals surface area contributed by atoms with Gasteiger partial charge in [0.2, 0.25) is 12.7 Å². The van der Waals surface area contributed by atoms with Crippen LogP contribution in [-0.2, 0) is 4.79 Å². The van der Waals surface area contributed by atoms with Gasteiger partial charge in [0.1, 0.15) is 0 Å². The van der Waals surface area contributed by atoms with Gasteiger partial charge in [0.25, 0.3) is 5.91 Å². The lowest BCUT2D eigenvalue weighted by molar-refractivity contribution is -0.134. The zero-order valence-electron chi connectivity index (χ0n) is 18.3. The molecule has 33 heavy (non-hydrogen) atoms. The number of ether oxygens (including phenoxy) is 3. The van der Waals surface area contributed by atoms with E-state index in [-0.39, 0.29) is 30.4 Å². The summed E-state index contributed by atoms with van der Waals surface area (Å²) in [7, 11) is 1.58. The fourth-order valence-electron chi connectivity index (χ4n) is 4.80. The van der Waals surface area contributed by atoms with Crippen LogP contribution in [0.15, 0.2) is 46.9 Å². The number of furan rings is 1. The quantitative estimate of drug-likeness (QED) is 0.610. The van der Waals surface area contributed by atoms with Gasteiger partial charge in [-0.3, -0.25) is 9.59 Å². The lowest BCUT2D eigenvalue weighted by atomic mass is 10.1. The van der Waals surface area contributed by atoms with Gasteiger partial charge >= 0.3 is 0 Å². The van der Waals surface area contributed by atoms with Crippen LogP contribution in [-0.4, -0.2) is 61.7 Å². The lowest BCUT2D eigenvalue weighted by Gasteiger charge is -2.34. The molecule has 8 nitrogen and oxygen atoms in total. The van der Waals surface area contributed by atoms with Crippen molar-refractivity contribution in [3.63, 3.8) is 0 Å². The average Bonchev–Trinajstić information content (AvgIpc) is 3.30. The van der Waals surface area contributed by atoms with Crippen molar-refractivity contribution in [3.8, 4) is 17.2 Å². The van der Waals surface area contributed by atoms with Crippen LogP contribution in [0.25, 0.3) is 11.0 Å². The Kier molecular flexibility index (Phi) is 4.67. The summed E-state index contributed by atoms with van der Waals surface area (Å²) in [5, 5.41) is 0.829. The molecule has 1 saturated carbocycles. The van der Waals surface area contributed by atoms with E-state index in [9.17, 15) is 9.59 Å². The summed E-state index contributed by atoms with van der Waals surface area (Å²) in [6.07, 6.45) is 0.846. The molecule has 1 aliphatic carbocycles. The predicted octanol–water partition coefficient (Wildman–Crippen LogP) is 3.26. The standard InChI is InChI=1S/C25H24N2O6/c1-30-20-4-2-3-16-12-22(33-23(16)20)25(29)27-9-7-26(8-10-27)24(28)18-13-17(18)15-5-6-19-21(11-15)32-14-31-19/h2-6,11-12,17-18H,7-10,13-14H2,1H3. The molecule has 2 aliphatic heterocycles. The highest BCUT2D eigenvalue weighted by atomic mass is 16.7. The van der Waals surface area contributed by atoms with Crippen molar-refractivity contribution >= 4 is 22.8 Å². The Bertz CT molecular complexity index is 1240. The molecular formula is C25H24N2O6. The van der Waals surface area contributed by atoms with E-state index in [1.807, 2.05) is 35.2 Å². The summed E-state index contributed by atoms with van der Waals surface area (Å²) in [5.41, 5.74) is 1.69. The number of piperazine rings is 1. The number of fused-ring (bicyclic) bond motifs is 2. The molecule has 8 heteroatoms. The van der Waals surface area contributed by atoms with Crippen molar-refractivity contribution in [2.24, 2.45) is 5.92 Å². The fourth-order valence-corrected chi connectivity index (χ4v) is 4.80. The van der Waals surface area contributed by atoms with Gasteiger partial charge in [0.05, 0.1) is 7.11 Å². The molecule has 1 saturated heterocycles.